The lowest BCUT2D eigenvalue weighted by Gasteiger charge is -2.04. The fourth-order valence-electron chi connectivity index (χ4n) is 1.39. The van der Waals surface area contributed by atoms with Crippen LogP contribution in [0, 0.1) is 0 Å². The van der Waals surface area contributed by atoms with Crippen LogP contribution in [-0.4, -0.2) is 22.8 Å². The van der Waals surface area contributed by atoms with Gasteiger partial charge in [0.2, 0.25) is 5.91 Å². The van der Waals surface area contributed by atoms with Gasteiger partial charge in [0.25, 0.3) is 0 Å². The van der Waals surface area contributed by atoms with Gasteiger partial charge in [-0.3, -0.25) is 9.59 Å². The summed E-state index contributed by atoms with van der Waals surface area (Å²) in [6.07, 6.45) is 0.865. The van der Waals surface area contributed by atoms with Crippen LogP contribution in [0.25, 0.3) is 0 Å². The molecule has 0 heterocycles. The largest absolute Gasteiger partial charge is 0.478 e. The smallest absolute Gasteiger partial charge is 0.328 e. The molecule has 5 nitrogen and oxygen atoms in total. The second-order valence-electron chi connectivity index (χ2n) is 3.75. The number of nitrogens with one attached hydrogen (secondary N) is 1. The lowest BCUT2D eigenvalue weighted by atomic mass is 10.0. The highest BCUT2D eigenvalue weighted by molar-refractivity contribution is 6.10. The zero-order valence-electron chi connectivity index (χ0n) is 10.1. The number of ketones is 1. The molecule has 18 heavy (non-hydrogen) atoms. The molecule has 5 heteroatoms. The lowest BCUT2D eigenvalue weighted by Crippen LogP contribution is -2.07. The minimum absolute atomic E-state index is 0.148. The van der Waals surface area contributed by atoms with Crippen molar-refractivity contribution in [2.45, 2.75) is 13.8 Å². The molecule has 0 fully saturated rings. The van der Waals surface area contributed by atoms with Crippen LogP contribution in [0.5, 0.6) is 0 Å². The highest BCUT2D eigenvalue weighted by atomic mass is 16.4. The Morgan fingerprint density at radius 1 is 1.11 bits per heavy atom. The van der Waals surface area contributed by atoms with E-state index in [1.54, 1.807) is 12.1 Å². The maximum Gasteiger partial charge on any atom is 0.328 e. The first-order valence-electron chi connectivity index (χ1n) is 5.23. The second kappa shape index (κ2) is 5.77. The first kappa shape index (κ1) is 13.6. The van der Waals surface area contributed by atoms with Crippen LogP contribution < -0.4 is 5.32 Å². The molecule has 0 aliphatic carbocycles. The maximum absolute atomic E-state index is 11.8. The number of Topliss-reactive ketones (excluding diaryl/α,β-unsaturated/α-hetero) is 1. The first-order chi connectivity index (χ1) is 8.40. The molecule has 1 aromatic carbocycles. The van der Waals surface area contributed by atoms with Crippen molar-refractivity contribution >= 4 is 23.3 Å². The number of carboxylic acids is 1. The molecule has 1 aromatic rings. The van der Waals surface area contributed by atoms with E-state index in [2.05, 4.69) is 5.32 Å². The van der Waals surface area contributed by atoms with E-state index in [1.165, 1.54) is 26.0 Å². The number of anilines is 1. The standard InChI is InChI=1S/C13H13NO4/c1-8(7-12(16)17)13(18)10-3-5-11(6-4-10)14-9(2)15/h3-7H,1-2H3,(H,14,15)(H,16,17)/b8-7-. The number of carbonyl (C=O) groups is 3. The SMILES string of the molecule is CC(=O)Nc1ccc(C(=O)/C(C)=C\C(=O)O)cc1. The highest BCUT2D eigenvalue weighted by Gasteiger charge is 2.09. The van der Waals surface area contributed by atoms with Crippen LogP contribution in [0.3, 0.4) is 0 Å². The molecule has 0 saturated carbocycles. The molecular formula is C13H13NO4. The van der Waals surface area contributed by atoms with Crippen molar-refractivity contribution in [3.05, 3.63) is 41.5 Å². The van der Waals surface area contributed by atoms with Crippen molar-refractivity contribution in [1.29, 1.82) is 0 Å². The first-order valence-corrected chi connectivity index (χ1v) is 5.23. The van der Waals surface area contributed by atoms with Gasteiger partial charge in [-0.25, -0.2) is 4.79 Å². The van der Waals surface area contributed by atoms with Crippen LogP contribution >= 0.6 is 0 Å². The van der Waals surface area contributed by atoms with Gasteiger partial charge in [0.15, 0.2) is 5.78 Å². The van der Waals surface area contributed by atoms with E-state index in [1.807, 2.05) is 0 Å². The van der Waals surface area contributed by atoms with Gasteiger partial charge < -0.3 is 10.4 Å². The third-order valence-corrected chi connectivity index (χ3v) is 2.17. The van der Waals surface area contributed by atoms with Crippen LogP contribution in [0.4, 0.5) is 5.69 Å². The van der Waals surface area contributed by atoms with Crippen molar-refractivity contribution in [1.82, 2.24) is 0 Å². The Morgan fingerprint density at radius 3 is 2.11 bits per heavy atom. The predicted octanol–water partition coefficient (Wildman–Crippen LogP) is 1.86. The number of allylic oxidation sites excluding steroid dienone is 1. The highest BCUT2D eigenvalue weighted by Crippen LogP contribution is 2.13. The summed E-state index contributed by atoms with van der Waals surface area (Å²) in [5, 5.41) is 11.1. The molecule has 94 valence electrons. The monoisotopic (exact) mass is 247 g/mol. The fraction of sp³-hybridized carbons (Fsp3) is 0.154. The average molecular weight is 247 g/mol. The number of carbonyl (C=O) groups excluding carboxylic acids is 2. The molecular weight excluding hydrogens is 234 g/mol. The summed E-state index contributed by atoms with van der Waals surface area (Å²) in [7, 11) is 0. The molecule has 2 N–H and O–H groups in total. The van der Waals surface area contributed by atoms with E-state index in [9.17, 15) is 14.4 Å². The van der Waals surface area contributed by atoms with Gasteiger partial charge in [0, 0.05) is 29.8 Å². The zero-order valence-corrected chi connectivity index (χ0v) is 10.1. The van der Waals surface area contributed by atoms with Gasteiger partial charge in [0.05, 0.1) is 0 Å². The number of benzene rings is 1. The number of carboxylic acid groups (broad SMARTS) is 1. The van der Waals surface area contributed by atoms with Crippen molar-refractivity contribution in [3.8, 4) is 0 Å². The van der Waals surface area contributed by atoms with Crippen LogP contribution in [0.1, 0.15) is 24.2 Å². The minimum Gasteiger partial charge on any atom is -0.478 e. The van der Waals surface area contributed by atoms with Crippen molar-refractivity contribution in [2.24, 2.45) is 0 Å². The Kier molecular flexibility index (Phi) is 4.37. The molecule has 0 unspecified atom stereocenters. The number of aliphatic carboxylic acids is 1. The molecule has 0 saturated heterocycles. The normalized spacial score (nSPS) is 10.9. The Balaban J connectivity index is 2.88. The summed E-state index contributed by atoms with van der Waals surface area (Å²) < 4.78 is 0. The van der Waals surface area contributed by atoms with Gasteiger partial charge in [-0.1, -0.05) is 0 Å². The van der Waals surface area contributed by atoms with Crippen molar-refractivity contribution in [2.75, 3.05) is 5.32 Å². The van der Waals surface area contributed by atoms with Crippen LogP contribution in [0.15, 0.2) is 35.9 Å². The second-order valence-corrected chi connectivity index (χ2v) is 3.75. The molecule has 1 rings (SSSR count). The molecule has 0 bridgehead atoms. The van der Waals surface area contributed by atoms with Crippen molar-refractivity contribution < 1.29 is 19.5 Å². The van der Waals surface area contributed by atoms with Gasteiger partial charge in [-0.05, 0) is 31.2 Å². The maximum atomic E-state index is 11.8. The summed E-state index contributed by atoms with van der Waals surface area (Å²) in [5.74, 6) is -1.71. The van der Waals surface area contributed by atoms with E-state index in [0.29, 0.717) is 11.3 Å². The quantitative estimate of drug-likeness (QED) is 0.628. The minimum atomic E-state index is -1.16. The fourth-order valence-corrected chi connectivity index (χ4v) is 1.39. The van der Waals surface area contributed by atoms with Gasteiger partial charge in [0.1, 0.15) is 0 Å². The molecule has 0 aromatic heterocycles. The summed E-state index contributed by atoms with van der Waals surface area (Å²) in [4.78, 5) is 33.0. The zero-order chi connectivity index (χ0) is 13.7. The average Bonchev–Trinajstić information content (AvgIpc) is 2.27. The molecule has 0 aliphatic heterocycles. The van der Waals surface area contributed by atoms with Crippen molar-refractivity contribution in [3.63, 3.8) is 0 Å². The van der Waals surface area contributed by atoms with E-state index in [0.717, 1.165) is 6.08 Å². The molecule has 0 spiro atoms. The van der Waals surface area contributed by atoms with Crippen LogP contribution in [-0.2, 0) is 9.59 Å². The molecule has 0 radical (unpaired) electrons. The van der Waals surface area contributed by atoms with E-state index >= 15 is 0 Å². The van der Waals surface area contributed by atoms with Gasteiger partial charge in [-0.2, -0.15) is 0 Å². The summed E-state index contributed by atoms with van der Waals surface area (Å²) >= 11 is 0. The third kappa shape index (κ3) is 3.86. The van der Waals surface area contributed by atoms with E-state index in [4.69, 9.17) is 5.11 Å². The molecule has 1 amide bonds. The topological polar surface area (TPSA) is 83.5 Å². The van der Waals surface area contributed by atoms with Gasteiger partial charge in [-0.15, -0.1) is 0 Å². The van der Waals surface area contributed by atoms with Gasteiger partial charge >= 0.3 is 5.97 Å². The Morgan fingerprint density at radius 2 is 1.67 bits per heavy atom. The van der Waals surface area contributed by atoms with Crippen LogP contribution in [0.2, 0.25) is 0 Å². The molecule has 0 aliphatic rings. The number of amides is 1. The summed E-state index contributed by atoms with van der Waals surface area (Å²) in [6, 6.07) is 6.24. The Labute approximate surface area is 104 Å². The number of hydrogen-bond donors (Lipinski definition) is 2. The number of rotatable bonds is 4. The molecule has 0 atom stereocenters. The van der Waals surface area contributed by atoms with E-state index in [-0.39, 0.29) is 17.3 Å². The predicted molar refractivity (Wildman–Crippen MR) is 66.5 cm³/mol. The lowest BCUT2D eigenvalue weighted by molar-refractivity contribution is -0.131. The summed E-state index contributed by atoms with van der Waals surface area (Å²) in [5.41, 5.74) is 1.10. The Bertz CT molecular complexity index is 514. The number of hydrogen-bond acceptors (Lipinski definition) is 3. The Hall–Kier alpha value is -2.43. The summed E-state index contributed by atoms with van der Waals surface area (Å²) in [6.45, 7) is 2.83. The van der Waals surface area contributed by atoms with E-state index < -0.39 is 5.97 Å². The third-order valence-electron chi connectivity index (χ3n) is 2.17.